The van der Waals surface area contributed by atoms with E-state index >= 15 is 0 Å². The molecule has 0 unspecified atom stereocenters. The number of imidazole rings is 1. The second kappa shape index (κ2) is 10.9. The number of rotatable bonds is 9. The van der Waals surface area contributed by atoms with Gasteiger partial charge in [0.1, 0.15) is 5.82 Å². The van der Waals surface area contributed by atoms with E-state index in [1.165, 1.54) is 4.57 Å². The van der Waals surface area contributed by atoms with Crippen LogP contribution in [0, 0.1) is 0 Å². The van der Waals surface area contributed by atoms with Gasteiger partial charge in [0.15, 0.2) is 11.2 Å². The summed E-state index contributed by atoms with van der Waals surface area (Å²) >= 11 is 0. The molecule has 0 aliphatic rings. The van der Waals surface area contributed by atoms with E-state index in [4.69, 9.17) is 4.98 Å². The first-order valence-electron chi connectivity index (χ1n) is 13.4. The first kappa shape index (κ1) is 25.2. The van der Waals surface area contributed by atoms with Crippen LogP contribution in [0.2, 0.25) is 0 Å². The number of hydrogen-bond donors (Lipinski definition) is 2. The summed E-state index contributed by atoms with van der Waals surface area (Å²) in [4.78, 5) is 33.5. The van der Waals surface area contributed by atoms with Gasteiger partial charge in [0.25, 0.3) is 5.56 Å². The molecule has 10 heteroatoms. The third-order valence-corrected chi connectivity index (χ3v) is 7.02. The monoisotopic (exact) mass is 532 g/mol. The molecule has 6 aromatic rings. The van der Waals surface area contributed by atoms with E-state index in [9.17, 15) is 9.59 Å². The molecule has 3 heterocycles. The number of tetrazole rings is 1. The molecule has 10 nitrogen and oxygen atoms in total. The Bertz CT molecular complexity index is 1870. The number of para-hydroxylation sites is 1. The number of aromatic nitrogens is 8. The molecule has 3 aromatic heterocycles. The lowest BCUT2D eigenvalue weighted by molar-refractivity contribution is 0.658. The number of nitrogens with one attached hydrogen (secondary N) is 2. The summed E-state index contributed by atoms with van der Waals surface area (Å²) in [6.07, 6.45) is 3.78. The van der Waals surface area contributed by atoms with Gasteiger partial charge >= 0.3 is 5.69 Å². The zero-order valence-corrected chi connectivity index (χ0v) is 22.0. The fourth-order valence-electron chi connectivity index (χ4n) is 5.06. The zero-order chi connectivity index (χ0) is 27.5. The van der Waals surface area contributed by atoms with Gasteiger partial charge in [0.05, 0.1) is 5.69 Å². The number of fused-ring (bicyclic) bond motifs is 1. The molecule has 6 rings (SSSR count). The Balaban J connectivity index is 1.42. The van der Waals surface area contributed by atoms with Crippen LogP contribution >= 0.6 is 0 Å². The maximum Gasteiger partial charge on any atom is 0.334 e. The molecule has 0 aliphatic carbocycles. The van der Waals surface area contributed by atoms with Crippen LogP contribution in [0.15, 0.2) is 88.5 Å². The number of H-pyrrole nitrogens is 2. The summed E-state index contributed by atoms with van der Waals surface area (Å²) in [7, 11) is 0. The normalized spacial score (nSPS) is 11.3. The van der Waals surface area contributed by atoms with Gasteiger partial charge in [-0.1, -0.05) is 86.5 Å². The smallest absolute Gasteiger partial charge is 0.318 e. The van der Waals surface area contributed by atoms with Crippen LogP contribution in [0.25, 0.3) is 39.4 Å². The molecule has 0 aliphatic heterocycles. The number of hydrogen-bond acceptors (Lipinski definition) is 6. The van der Waals surface area contributed by atoms with Gasteiger partial charge in [-0.2, -0.15) is 5.21 Å². The molecular formula is C30H28N8O2. The van der Waals surface area contributed by atoms with Crippen molar-refractivity contribution in [1.29, 1.82) is 0 Å². The average molecular weight is 533 g/mol. The minimum Gasteiger partial charge on any atom is -0.318 e. The highest BCUT2D eigenvalue weighted by Gasteiger charge is 2.20. The minimum absolute atomic E-state index is 0.372. The molecule has 0 saturated heterocycles. The highest BCUT2D eigenvalue weighted by atomic mass is 16.2. The molecule has 0 atom stereocenters. The van der Waals surface area contributed by atoms with Crippen LogP contribution in [0.3, 0.4) is 0 Å². The molecule has 3 aromatic carbocycles. The second-order valence-electron chi connectivity index (χ2n) is 9.65. The first-order valence-corrected chi connectivity index (χ1v) is 13.4. The van der Waals surface area contributed by atoms with Gasteiger partial charge in [-0.3, -0.25) is 9.78 Å². The molecule has 0 saturated carbocycles. The zero-order valence-electron chi connectivity index (χ0n) is 22.0. The Morgan fingerprint density at radius 1 is 0.850 bits per heavy atom. The maximum atomic E-state index is 13.2. The Labute approximate surface area is 229 Å². The molecule has 0 spiro atoms. The van der Waals surface area contributed by atoms with Crippen LogP contribution in [0.1, 0.15) is 37.6 Å². The van der Waals surface area contributed by atoms with E-state index in [-0.39, 0.29) is 0 Å². The Kier molecular flexibility index (Phi) is 6.88. The van der Waals surface area contributed by atoms with Gasteiger partial charge in [0.2, 0.25) is 5.82 Å². The van der Waals surface area contributed by atoms with Crippen molar-refractivity contribution >= 4 is 11.2 Å². The summed E-state index contributed by atoms with van der Waals surface area (Å²) in [5, 5.41) is 14.5. The van der Waals surface area contributed by atoms with Crippen molar-refractivity contribution in [3.8, 4) is 28.2 Å². The summed E-state index contributed by atoms with van der Waals surface area (Å²) in [6.45, 7) is 2.60. The van der Waals surface area contributed by atoms with Crippen molar-refractivity contribution in [1.82, 2.24) is 39.7 Å². The third-order valence-electron chi connectivity index (χ3n) is 7.02. The predicted molar refractivity (Wildman–Crippen MR) is 153 cm³/mol. The number of nitrogens with zero attached hydrogens (tertiary/aromatic N) is 6. The number of aromatic amines is 2. The number of aryl methyl sites for hydroxylation is 1. The fourth-order valence-corrected chi connectivity index (χ4v) is 5.06. The predicted octanol–water partition coefficient (Wildman–Crippen LogP) is 4.50. The molecule has 0 amide bonds. The summed E-state index contributed by atoms with van der Waals surface area (Å²) in [5.41, 5.74) is 4.37. The summed E-state index contributed by atoms with van der Waals surface area (Å²) in [5.74, 6) is 1.32. The number of unbranched alkanes of at least 4 members (excludes halogenated alkanes) is 2. The van der Waals surface area contributed by atoms with Crippen LogP contribution in [-0.2, 0) is 13.0 Å². The largest absolute Gasteiger partial charge is 0.334 e. The first-order chi connectivity index (χ1) is 19.6. The lowest BCUT2D eigenvalue weighted by atomic mass is 9.98. The van der Waals surface area contributed by atoms with Crippen LogP contribution in [-0.4, -0.2) is 39.7 Å². The van der Waals surface area contributed by atoms with Crippen LogP contribution in [0.4, 0.5) is 0 Å². The van der Waals surface area contributed by atoms with E-state index in [1.807, 2.05) is 83.4 Å². The van der Waals surface area contributed by atoms with E-state index in [0.29, 0.717) is 35.6 Å². The lowest BCUT2D eigenvalue weighted by Gasteiger charge is -2.11. The van der Waals surface area contributed by atoms with Gasteiger partial charge in [0, 0.05) is 18.5 Å². The second-order valence-corrected chi connectivity index (χ2v) is 9.65. The van der Waals surface area contributed by atoms with E-state index in [2.05, 4.69) is 32.5 Å². The molecule has 40 heavy (non-hydrogen) atoms. The topological polar surface area (TPSA) is 127 Å². The summed E-state index contributed by atoms with van der Waals surface area (Å²) in [6, 6.07) is 25.4. The van der Waals surface area contributed by atoms with Gasteiger partial charge in [-0.15, -0.1) is 10.2 Å². The minimum atomic E-state index is -0.502. The standard InChI is InChI=1S/C30H28N8O2/c1-2-3-5-14-25-31-28-26(29(39)32-30(40)38(28)22-10-6-4-7-11-22)37(25)19-20-15-17-21(18-16-20)23-12-8-9-13-24(23)27-33-35-36-34-27/h4,6-13,15-18H,2-3,5,14,19H2,1H3,(H,32,39,40)(H,33,34,35,36). The third kappa shape index (κ3) is 4.75. The maximum absolute atomic E-state index is 13.2. The average Bonchev–Trinajstić information content (AvgIpc) is 3.63. The van der Waals surface area contributed by atoms with Crippen molar-refractivity contribution in [2.45, 2.75) is 39.2 Å². The van der Waals surface area contributed by atoms with Crippen molar-refractivity contribution in [3.63, 3.8) is 0 Å². The van der Waals surface area contributed by atoms with E-state index in [0.717, 1.165) is 47.3 Å². The van der Waals surface area contributed by atoms with Crippen molar-refractivity contribution < 1.29 is 0 Å². The molecule has 0 bridgehead atoms. The van der Waals surface area contributed by atoms with Crippen molar-refractivity contribution in [3.05, 3.63) is 111 Å². The van der Waals surface area contributed by atoms with Gasteiger partial charge in [-0.25, -0.2) is 14.3 Å². The Morgan fingerprint density at radius 3 is 2.33 bits per heavy atom. The Hall–Kier alpha value is -5.12. The van der Waals surface area contributed by atoms with Gasteiger partial charge in [-0.05, 0) is 40.5 Å². The van der Waals surface area contributed by atoms with Crippen LogP contribution in [0.5, 0.6) is 0 Å². The highest BCUT2D eigenvalue weighted by molar-refractivity contribution is 5.80. The quantitative estimate of drug-likeness (QED) is 0.264. The lowest BCUT2D eigenvalue weighted by Crippen LogP contribution is -2.30. The summed E-state index contributed by atoms with van der Waals surface area (Å²) < 4.78 is 3.43. The SMILES string of the molecule is CCCCCc1nc2c(c(=O)[nH]c(=O)n2-c2ccccc2)n1Cc1ccc(-c2ccccc2-c2nn[nH]n2)cc1. The van der Waals surface area contributed by atoms with Crippen LogP contribution < -0.4 is 11.2 Å². The molecule has 2 N–H and O–H groups in total. The van der Waals surface area contributed by atoms with E-state index in [1.54, 1.807) is 0 Å². The highest BCUT2D eigenvalue weighted by Crippen LogP contribution is 2.30. The van der Waals surface area contributed by atoms with Crippen molar-refractivity contribution in [2.24, 2.45) is 0 Å². The van der Waals surface area contributed by atoms with Crippen molar-refractivity contribution in [2.75, 3.05) is 0 Å². The molecule has 0 fully saturated rings. The molecule has 0 radical (unpaired) electrons. The Morgan fingerprint density at radius 2 is 1.60 bits per heavy atom. The number of benzene rings is 3. The van der Waals surface area contributed by atoms with Gasteiger partial charge < -0.3 is 4.57 Å². The molecule has 200 valence electrons. The molecular weight excluding hydrogens is 504 g/mol. The van der Waals surface area contributed by atoms with E-state index < -0.39 is 11.2 Å². The fraction of sp³-hybridized carbons (Fsp3) is 0.200.